The molecule has 0 atom stereocenters. The van der Waals surface area contributed by atoms with Crippen LogP contribution in [0, 0.1) is 12.7 Å². The number of rotatable bonds is 8. The van der Waals surface area contributed by atoms with Crippen LogP contribution in [0.15, 0.2) is 54.7 Å². The number of methoxy groups -OCH3 is 1. The molecule has 5 nitrogen and oxygen atoms in total. The van der Waals surface area contributed by atoms with Crippen molar-refractivity contribution in [2.45, 2.75) is 19.9 Å². The van der Waals surface area contributed by atoms with Gasteiger partial charge in [-0.15, -0.1) is 11.3 Å². The van der Waals surface area contributed by atoms with Crippen LogP contribution in [0.25, 0.3) is 0 Å². The highest BCUT2D eigenvalue weighted by Gasteiger charge is 2.16. The molecule has 0 unspecified atom stereocenters. The summed E-state index contributed by atoms with van der Waals surface area (Å²) in [6.45, 7) is 3.14. The van der Waals surface area contributed by atoms with Gasteiger partial charge in [0.25, 0.3) is 0 Å². The maximum absolute atomic E-state index is 13.7. The number of benzene rings is 2. The van der Waals surface area contributed by atoms with Crippen molar-refractivity contribution in [3.63, 3.8) is 0 Å². The molecule has 1 aromatic heterocycles. The molecule has 2 aromatic carbocycles. The summed E-state index contributed by atoms with van der Waals surface area (Å²) >= 11 is 1.39. The van der Waals surface area contributed by atoms with Crippen molar-refractivity contribution in [2.24, 2.45) is 0 Å². The lowest BCUT2D eigenvalue weighted by Crippen LogP contribution is -2.36. The summed E-state index contributed by atoms with van der Waals surface area (Å²) in [7, 11) is 1.61. The molecule has 1 heterocycles. The van der Waals surface area contributed by atoms with Crippen molar-refractivity contribution in [3.05, 3.63) is 82.1 Å². The van der Waals surface area contributed by atoms with Gasteiger partial charge in [0.1, 0.15) is 5.82 Å². The summed E-state index contributed by atoms with van der Waals surface area (Å²) in [5, 5.41) is 3.38. The molecule has 3 rings (SSSR count). The van der Waals surface area contributed by atoms with Gasteiger partial charge in [0.2, 0.25) is 0 Å². The van der Waals surface area contributed by atoms with Crippen LogP contribution in [0.5, 0.6) is 0 Å². The van der Waals surface area contributed by atoms with Gasteiger partial charge in [0, 0.05) is 37.7 Å². The van der Waals surface area contributed by atoms with Crippen LogP contribution in [-0.4, -0.2) is 36.2 Å². The monoisotopic (exact) mass is 413 g/mol. The molecule has 0 fully saturated rings. The van der Waals surface area contributed by atoms with Crippen LogP contribution in [0.2, 0.25) is 0 Å². The van der Waals surface area contributed by atoms with Crippen LogP contribution in [0.4, 0.5) is 14.3 Å². The molecule has 0 aliphatic carbocycles. The fourth-order valence-electron chi connectivity index (χ4n) is 2.82. The Hall–Kier alpha value is -2.77. The van der Waals surface area contributed by atoms with Crippen molar-refractivity contribution >= 4 is 22.5 Å². The van der Waals surface area contributed by atoms with E-state index in [1.54, 1.807) is 37.3 Å². The summed E-state index contributed by atoms with van der Waals surface area (Å²) in [4.78, 5) is 19.7. The van der Waals surface area contributed by atoms with Gasteiger partial charge in [-0.2, -0.15) is 0 Å². The molecule has 0 saturated heterocycles. The Labute approximate surface area is 174 Å². The maximum Gasteiger partial charge on any atom is 0.324 e. The number of carbonyl (C=O) groups excluding carboxylic acids is 1. The number of urea groups is 1. The highest BCUT2D eigenvalue weighted by atomic mass is 32.1. The Kier molecular flexibility index (Phi) is 7.32. The van der Waals surface area contributed by atoms with Crippen molar-refractivity contribution in [1.82, 2.24) is 9.88 Å². The van der Waals surface area contributed by atoms with E-state index in [1.165, 1.54) is 11.3 Å². The third-order valence-electron chi connectivity index (χ3n) is 4.45. The van der Waals surface area contributed by atoms with Crippen LogP contribution >= 0.6 is 11.3 Å². The van der Waals surface area contributed by atoms with Gasteiger partial charge in [-0.25, -0.2) is 14.2 Å². The first-order valence-electron chi connectivity index (χ1n) is 9.33. The normalized spacial score (nSPS) is 10.7. The number of nitrogens with zero attached hydrogens (tertiary/aromatic N) is 2. The van der Waals surface area contributed by atoms with E-state index in [1.807, 2.05) is 36.4 Å². The number of ether oxygens (including phenoxy) is 1. The Morgan fingerprint density at radius 1 is 1.21 bits per heavy atom. The average Bonchev–Trinajstić information content (AvgIpc) is 3.15. The maximum atomic E-state index is 13.7. The number of aromatic nitrogens is 1. The number of halogens is 1. The number of amides is 2. The fourth-order valence-corrected chi connectivity index (χ4v) is 3.66. The van der Waals surface area contributed by atoms with Gasteiger partial charge >= 0.3 is 6.03 Å². The van der Waals surface area contributed by atoms with E-state index in [-0.39, 0.29) is 11.8 Å². The summed E-state index contributed by atoms with van der Waals surface area (Å²) < 4.78 is 18.9. The SMILES string of the molecule is COCCN(Cc1ccccc1)C(=O)Nc1ncc(Cc2ccc(C)c(F)c2)s1. The van der Waals surface area contributed by atoms with E-state index >= 15 is 0 Å². The van der Waals surface area contributed by atoms with Crippen LogP contribution in [0.1, 0.15) is 21.6 Å². The predicted octanol–water partition coefficient (Wildman–Crippen LogP) is 4.86. The molecule has 2 amide bonds. The second kappa shape index (κ2) is 10.1. The van der Waals surface area contributed by atoms with E-state index in [4.69, 9.17) is 4.74 Å². The molecular weight excluding hydrogens is 389 g/mol. The number of hydrogen-bond donors (Lipinski definition) is 1. The molecule has 3 aromatic rings. The van der Waals surface area contributed by atoms with Gasteiger partial charge in [-0.3, -0.25) is 5.32 Å². The van der Waals surface area contributed by atoms with Gasteiger partial charge in [0.05, 0.1) is 6.61 Å². The molecular formula is C22H24FN3O2S. The largest absolute Gasteiger partial charge is 0.383 e. The van der Waals surface area contributed by atoms with Crippen LogP contribution in [-0.2, 0) is 17.7 Å². The number of anilines is 1. The summed E-state index contributed by atoms with van der Waals surface area (Å²) in [5.74, 6) is -0.213. The van der Waals surface area contributed by atoms with Gasteiger partial charge in [-0.05, 0) is 29.7 Å². The van der Waals surface area contributed by atoms with E-state index in [0.717, 1.165) is 16.0 Å². The third-order valence-corrected chi connectivity index (χ3v) is 5.36. The molecule has 1 N–H and O–H groups in total. The minimum Gasteiger partial charge on any atom is -0.383 e. The standard InChI is InChI=1S/C22H24FN3O2S/c1-16-8-9-18(13-20(16)23)12-19-14-24-21(29-19)25-22(27)26(10-11-28-2)15-17-6-4-3-5-7-17/h3-9,13-14H,10-12,15H2,1-2H3,(H,24,25,27). The molecule has 0 aliphatic rings. The van der Waals surface area contributed by atoms with E-state index in [9.17, 15) is 9.18 Å². The van der Waals surface area contributed by atoms with Crippen molar-refractivity contribution in [1.29, 1.82) is 0 Å². The van der Waals surface area contributed by atoms with Crippen LogP contribution < -0.4 is 5.32 Å². The lowest BCUT2D eigenvalue weighted by molar-refractivity contribution is 0.153. The average molecular weight is 414 g/mol. The minimum absolute atomic E-state index is 0.213. The van der Waals surface area contributed by atoms with Crippen molar-refractivity contribution < 1.29 is 13.9 Å². The Morgan fingerprint density at radius 3 is 2.72 bits per heavy atom. The smallest absolute Gasteiger partial charge is 0.324 e. The summed E-state index contributed by atoms with van der Waals surface area (Å²) in [6.07, 6.45) is 2.29. The zero-order chi connectivity index (χ0) is 20.6. The first-order chi connectivity index (χ1) is 14.0. The van der Waals surface area contributed by atoms with Gasteiger partial charge < -0.3 is 9.64 Å². The molecule has 29 heavy (non-hydrogen) atoms. The molecule has 0 radical (unpaired) electrons. The van der Waals surface area contributed by atoms with E-state index in [2.05, 4.69) is 10.3 Å². The van der Waals surface area contributed by atoms with E-state index in [0.29, 0.717) is 36.8 Å². The highest BCUT2D eigenvalue weighted by molar-refractivity contribution is 7.15. The number of thiazole rings is 1. The molecule has 0 saturated carbocycles. The Morgan fingerprint density at radius 2 is 2.00 bits per heavy atom. The Bertz CT molecular complexity index is 946. The summed E-state index contributed by atoms with van der Waals surface area (Å²) in [5.41, 5.74) is 2.54. The second-order valence-electron chi connectivity index (χ2n) is 6.72. The quantitative estimate of drug-likeness (QED) is 0.574. The zero-order valence-electron chi connectivity index (χ0n) is 16.5. The number of carbonyl (C=O) groups is 1. The number of aryl methyl sites for hydroxylation is 1. The van der Waals surface area contributed by atoms with Crippen molar-refractivity contribution in [3.8, 4) is 0 Å². The second-order valence-corrected chi connectivity index (χ2v) is 7.84. The zero-order valence-corrected chi connectivity index (χ0v) is 17.3. The lowest BCUT2D eigenvalue weighted by atomic mass is 10.1. The molecule has 0 aliphatic heterocycles. The van der Waals surface area contributed by atoms with Gasteiger partial charge in [0.15, 0.2) is 5.13 Å². The summed E-state index contributed by atoms with van der Waals surface area (Å²) in [6, 6.07) is 14.8. The third kappa shape index (κ3) is 6.10. The first kappa shape index (κ1) is 21.0. The molecule has 0 bridgehead atoms. The van der Waals surface area contributed by atoms with Crippen molar-refractivity contribution in [2.75, 3.05) is 25.6 Å². The van der Waals surface area contributed by atoms with Crippen LogP contribution in [0.3, 0.4) is 0 Å². The number of hydrogen-bond acceptors (Lipinski definition) is 4. The van der Waals surface area contributed by atoms with Gasteiger partial charge in [-0.1, -0.05) is 42.5 Å². The first-order valence-corrected chi connectivity index (χ1v) is 10.2. The molecule has 0 spiro atoms. The predicted molar refractivity (Wildman–Crippen MR) is 114 cm³/mol. The fraction of sp³-hybridized carbons (Fsp3) is 0.273. The highest BCUT2D eigenvalue weighted by Crippen LogP contribution is 2.22. The molecule has 7 heteroatoms. The molecule has 152 valence electrons. The Balaban J connectivity index is 1.64. The minimum atomic E-state index is -0.229. The lowest BCUT2D eigenvalue weighted by Gasteiger charge is -2.22. The van der Waals surface area contributed by atoms with E-state index < -0.39 is 0 Å². The topological polar surface area (TPSA) is 54.5 Å². The number of nitrogens with one attached hydrogen (secondary N) is 1.